The zero-order valence-electron chi connectivity index (χ0n) is 12.2. The molecule has 0 aliphatic heterocycles. The van der Waals surface area contributed by atoms with Gasteiger partial charge in [0.15, 0.2) is 11.5 Å². The highest BCUT2D eigenvalue weighted by Gasteiger charge is 2.29. The van der Waals surface area contributed by atoms with Crippen LogP contribution >= 0.6 is 0 Å². The van der Waals surface area contributed by atoms with Crippen molar-refractivity contribution < 1.29 is 0 Å². The molecule has 1 aliphatic rings. The third-order valence-corrected chi connectivity index (χ3v) is 3.95. The average Bonchev–Trinajstić information content (AvgIpc) is 3.05. The fourth-order valence-corrected chi connectivity index (χ4v) is 2.81. The fourth-order valence-electron chi connectivity index (χ4n) is 2.81. The number of nitrogens with zero attached hydrogens (tertiary/aromatic N) is 3. The van der Waals surface area contributed by atoms with Gasteiger partial charge in [0.25, 0.3) is 0 Å². The van der Waals surface area contributed by atoms with Crippen LogP contribution < -0.4 is 10.6 Å². The molecule has 0 radical (unpaired) electrons. The van der Waals surface area contributed by atoms with Crippen molar-refractivity contribution in [3.8, 4) is 0 Å². The van der Waals surface area contributed by atoms with Crippen LogP contribution in [-0.2, 0) is 0 Å². The summed E-state index contributed by atoms with van der Waals surface area (Å²) >= 11 is 0. The Morgan fingerprint density at radius 3 is 2.85 bits per heavy atom. The summed E-state index contributed by atoms with van der Waals surface area (Å²) < 4.78 is 0. The SMILES string of the molecule is CCCNc1nc(NC2(C)CCCC2)c2[nH]cnc2n1. The Morgan fingerprint density at radius 2 is 2.10 bits per heavy atom. The van der Waals surface area contributed by atoms with Gasteiger partial charge < -0.3 is 15.6 Å². The van der Waals surface area contributed by atoms with Gasteiger partial charge in [-0.1, -0.05) is 19.8 Å². The lowest BCUT2D eigenvalue weighted by molar-refractivity contribution is 0.531. The average molecular weight is 274 g/mol. The van der Waals surface area contributed by atoms with Crippen LogP contribution in [0.25, 0.3) is 11.2 Å². The van der Waals surface area contributed by atoms with Gasteiger partial charge >= 0.3 is 0 Å². The number of nitrogens with one attached hydrogen (secondary N) is 3. The molecular weight excluding hydrogens is 252 g/mol. The Morgan fingerprint density at radius 1 is 1.30 bits per heavy atom. The molecule has 2 heterocycles. The van der Waals surface area contributed by atoms with Gasteiger partial charge in [-0.05, 0) is 26.2 Å². The molecule has 1 aliphatic carbocycles. The summed E-state index contributed by atoms with van der Waals surface area (Å²) in [5.41, 5.74) is 1.73. The van der Waals surface area contributed by atoms with E-state index in [4.69, 9.17) is 0 Å². The van der Waals surface area contributed by atoms with E-state index in [9.17, 15) is 0 Å². The molecule has 2 aromatic rings. The third-order valence-electron chi connectivity index (χ3n) is 3.95. The number of hydrogen-bond donors (Lipinski definition) is 3. The lowest BCUT2D eigenvalue weighted by Crippen LogP contribution is -2.31. The van der Waals surface area contributed by atoms with Crippen LogP contribution in [-0.4, -0.2) is 32.0 Å². The molecule has 2 aromatic heterocycles. The molecule has 20 heavy (non-hydrogen) atoms. The molecule has 0 atom stereocenters. The Kier molecular flexibility index (Phi) is 3.46. The summed E-state index contributed by atoms with van der Waals surface area (Å²) in [7, 11) is 0. The summed E-state index contributed by atoms with van der Waals surface area (Å²) in [6.45, 7) is 5.26. The summed E-state index contributed by atoms with van der Waals surface area (Å²) in [5.74, 6) is 1.51. The second-order valence-corrected chi connectivity index (χ2v) is 5.82. The minimum absolute atomic E-state index is 0.133. The number of imidazole rings is 1. The number of H-pyrrole nitrogens is 1. The van der Waals surface area contributed by atoms with Gasteiger partial charge in [0, 0.05) is 12.1 Å². The van der Waals surface area contributed by atoms with E-state index in [0.717, 1.165) is 24.3 Å². The van der Waals surface area contributed by atoms with E-state index in [0.29, 0.717) is 11.6 Å². The molecule has 3 rings (SSSR count). The van der Waals surface area contributed by atoms with Crippen molar-refractivity contribution in [2.75, 3.05) is 17.2 Å². The maximum Gasteiger partial charge on any atom is 0.226 e. The minimum atomic E-state index is 0.133. The molecule has 0 spiro atoms. The Hall–Kier alpha value is -1.85. The highest BCUT2D eigenvalue weighted by atomic mass is 15.2. The van der Waals surface area contributed by atoms with Crippen LogP contribution in [0.3, 0.4) is 0 Å². The lowest BCUT2D eigenvalue weighted by atomic mass is 10.0. The molecule has 0 saturated heterocycles. The number of aromatic amines is 1. The van der Waals surface area contributed by atoms with Crippen molar-refractivity contribution in [2.45, 2.75) is 51.5 Å². The molecule has 1 fully saturated rings. The van der Waals surface area contributed by atoms with Crippen molar-refractivity contribution in [1.82, 2.24) is 19.9 Å². The monoisotopic (exact) mass is 274 g/mol. The molecule has 0 bridgehead atoms. The van der Waals surface area contributed by atoms with Gasteiger partial charge in [-0.2, -0.15) is 9.97 Å². The van der Waals surface area contributed by atoms with Crippen molar-refractivity contribution in [3.05, 3.63) is 6.33 Å². The molecule has 1 saturated carbocycles. The topological polar surface area (TPSA) is 78.5 Å². The quantitative estimate of drug-likeness (QED) is 0.781. The fraction of sp³-hybridized carbons (Fsp3) is 0.643. The van der Waals surface area contributed by atoms with Gasteiger partial charge in [0.1, 0.15) is 5.52 Å². The number of rotatable bonds is 5. The van der Waals surface area contributed by atoms with Crippen molar-refractivity contribution in [3.63, 3.8) is 0 Å². The standard InChI is InChI=1S/C14H22N6/c1-3-8-15-13-18-11-10(16-9-17-11)12(19-13)20-14(2)6-4-5-7-14/h9H,3-8H2,1-2H3,(H3,15,16,17,18,19,20). The maximum atomic E-state index is 4.61. The van der Waals surface area contributed by atoms with Gasteiger partial charge in [-0.3, -0.25) is 0 Å². The third kappa shape index (κ3) is 2.55. The highest BCUT2D eigenvalue weighted by molar-refractivity contribution is 5.84. The molecule has 6 nitrogen and oxygen atoms in total. The van der Waals surface area contributed by atoms with Gasteiger partial charge in [-0.15, -0.1) is 0 Å². The summed E-state index contributed by atoms with van der Waals surface area (Å²) in [6.07, 6.45) is 7.64. The first-order valence-corrected chi connectivity index (χ1v) is 7.43. The number of hydrogen-bond acceptors (Lipinski definition) is 5. The normalized spacial score (nSPS) is 17.5. The van der Waals surface area contributed by atoms with Crippen LogP contribution in [0.5, 0.6) is 0 Å². The van der Waals surface area contributed by atoms with Crippen LogP contribution in [0.4, 0.5) is 11.8 Å². The lowest BCUT2D eigenvalue weighted by Gasteiger charge is -2.26. The Bertz CT molecular complexity index is 584. The molecular formula is C14H22N6. The van der Waals surface area contributed by atoms with E-state index in [-0.39, 0.29) is 5.54 Å². The Labute approximate surface area is 118 Å². The molecule has 0 aromatic carbocycles. The molecule has 6 heteroatoms. The smallest absolute Gasteiger partial charge is 0.226 e. The van der Waals surface area contributed by atoms with Crippen LogP contribution in [0.15, 0.2) is 6.33 Å². The molecule has 0 unspecified atom stereocenters. The number of aromatic nitrogens is 4. The predicted molar refractivity (Wildman–Crippen MR) is 81.0 cm³/mol. The summed E-state index contributed by atoms with van der Waals surface area (Å²) in [4.78, 5) is 16.4. The van der Waals surface area contributed by atoms with Crippen molar-refractivity contribution in [1.29, 1.82) is 0 Å². The highest BCUT2D eigenvalue weighted by Crippen LogP contribution is 2.33. The summed E-state index contributed by atoms with van der Waals surface area (Å²) in [5, 5.41) is 6.84. The first kappa shape index (κ1) is 13.1. The van der Waals surface area contributed by atoms with Gasteiger partial charge in [0.2, 0.25) is 5.95 Å². The molecule has 0 amide bonds. The van der Waals surface area contributed by atoms with Crippen molar-refractivity contribution >= 4 is 22.9 Å². The maximum absolute atomic E-state index is 4.61. The molecule has 3 N–H and O–H groups in total. The summed E-state index contributed by atoms with van der Waals surface area (Å²) in [6, 6.07) is 0. The zero-order chi connectivity index (χ0) is 14.0. The number of anilines is 2. The zero-order valence-corrected chi connectivity index (χ0v) is 12.2. The van der Waals surface area contributed by atoms with Crippen LogP contribution in [0.1, 0.15) is 46.0 Å². The van der Waals surface area contributed by atoms with E-state index in [1.807, 2.05) is 0 Å². The van der Waals surface area contributed by atoms with Crippen molar-refractivity contribution in [2.24, 2.45) is 0 Å². The van der Waals surface area contributed by atoms with E-state index in [1.54, 1.807) is 6.33 Å². The second kappa shape index (κ2) is 5.26. The largest absolute Gasteiger partial charge is 0.363 e. The van der Waals surface area contributed by atoms with Gasteiger partial charge in [-0.25, -0.2) is 4.98 Å². The minimum Gasteiger partial charge on any atom is -0.363 e. The second-order valence-electron chi connectivity index (χ2n) is 5.82. The first-order valence-electron chi connectivity index (χ1n) is 7.43. The van der Waals surface area contributed by atoms with Gasteiger partial charge in [0.05, 0.1) is 6.33 Å². The Balaban J connectivity index is 1.92. The first-order chi connectivity index (χ1) is 9.70. The molecule has 108 valence electrons. The predicted octanol–water partition coefficient (Wildman–Crippen LogP) is 2.92. The van der Waals surface area contributed by atoms with E-state index < -0.39 is 0 Å². The number of fused-ring (bicyclic) bond motifs is 1. The van der Waals surface area contributed by atoms with E-state index in [1.165, 1.54) is 25.7 Å². The van der Waals surface area contributed by atoms with E-state index >= 15 is 0 Å². The van der Waals surface area contributed by atoms with Crippen LogP contribution in [0, 0.1) is 0 Å². The van der Waals surface area contributed by atoms with E-state index in [2.05, 4.69) is 44.4 Å². The van der Waals surface area contributed by atoms with Crippen LogP contribution in [0.2, 0.25) is 0 Å².